The molecule has 3 aromatic heterocycles. The molecule has 3 rings (SSSR count). The van der Waals surface area contributed by atoms with Crippen molar-refractivity contribution in [2.24, 2.45) is 5.10 Å². The van der Waals surface area contributed by atoms with E-state index in [1.165, 1.54) is 9.56 Å². The van der Waals surface area contributed by atoms with Gasteiger partial charge in [-0.3, -0.25) is 4.79 Å². The second kappa shape index (κ2) is 7.03. The van der Waals surface area contributed by atoms with Crippen LogP contribution < -0.4 is 11.2 Å². The third-order valence-electron chi connectivity index (χ3n) is 3.21. The molecule has 25 heavy (non-hydrogen) atoms. The Kier molecular flexibility index (Phi) is 4.81. The van der Waals surface area contributed by atoms with Crippen molar-refractivity contribution in [1.82, 2.24) is 30.7 Å². The lowest BCUT2D eigenvalue weighted by Crippen LogP contribution is -2.19. The highest BCUT2D eigenvalue weighted by Crippen LogP contribution is 2.28. The number of hydrogen-bond acceptors (Lipinski definition) is 10. The van der Waals surface area contributed by atoms with Gasteiger partial charge in [-0.15, -0.1) is 28.2 Å². The molecule has 0 unspecified atom stereocenters. The van der Waals surface area contributed by atoms with Crippen molar-refractivity contribution in [2.75, 3.05) is 12.0 Å². The second-order valence-electron chi connectivity index (χ2n) is 4.91. The molecule has 12 heteroatoms. The molecule has 10 nitrogen and oxygen atoms in total. The molecule has 3 N–H and O–H groups in total. The molecule has 1 amide bonds. The van der Waals surface area contributed by atoms with Gasteiger partial charge in [-0.25, -0.2) is 10.1 Å². The number of hydrogen-bond donors (Lipinski definition) is 2. The Bertz CT molecular complexity index is 942. The molecule has 0 saturated heterocycles. The van der Waals surface area contributed by atoms with E-state index in [2.05, 4.69) is 35.8 Å². The second-order valence-corrected chi connectivity index (χ2v) is 7.24. The summed E-state index contributed by atoms with van der Waals surface area (Å²) in [5.41, 5.74) is 9.56. The molecule has 0 aliphatic heterocycles. The molecule has 0 spiro atoms. The van der Waals surface area contributed by atoms with Crippen LogP contribution in [0.2, 0.25) is 0 Å². The molecule has 3 heterocycles. The molecular formula is C13H14N8O2S2. The average molecular weight is 378 g/mol. The zero-order valence-electron chi connectivity index (χ0n) is 13.5. The Morgan fingerprint density at radius 2 is 2.28 bits per heavy atom. The van der Waals surface area contributed by atoms with Crippen molar-refractivity contribution < 1.29 is 9.42 Å². The van der Waals surface area contributed by atoms with E-state index >= 15 is 0 Å². The molecule has 3 aromatic rings. The van der Waals surface area contributed by atoms with Gasteiger partial charge in [-0.05, 0) is 36.5 Å². The monoisotopic (exact) mass is 378 g/mol. The SMILES string of the molecule is CSc1sc(C)cc1/C=N/NC(=O)c1nnn(-c2nonc2N)c1C. The number of nitrogens with two attached hydrogens (primary N) is 1. The first-order chi connectivity index (χ1) is 12.0. The van der Waals surface area contributed by atoms with E-state index in [1.807, 2.05) is 19.2 Å². The largest absolute Gasteiger partial charge is 0.378 e. The van der Waals surface area contributed by atoms with Gasteiger partial charge in [-0.1, -0.05) is 5.21 Å². The van der Waals surface area contributed by atoms with Gasteiger partial charge in [-0.2, -0.15) is 9.78 Å². The number of rotatable bonds is 5. The van der Waals surface area contributed by atoms with Crippen molar-refractivity contribution in [3.05, 3.63) is 27.9 Å². The Morgan fingerprint density at radius 3 is 2.96 bits per heavy atom. The summed E-state index contributed by atoms with van der Waals surface area (Å²) in [6, 6.07) is 2.01. The number of carbonyl (C=O) groups is 1. The van der Waals surface area contributed by atoms with Crippen LogP contribution in [0.25, 0.3) is 5.82 Å². The quantitative estimate of drug-likeness (QED) is 0.386. The predicted molar refractivity (Wildman–Crippen MR) is 94.3 cm³/mol. The molecule has 0 bridgehead atoms. The maximum Gasteiger partial charge on any atom is 0.293 e. The van der Waals surface area contributed by atoms with Gasteiger partial charge in [0, 0.05) is 10.4 Å². The fourth-order valence-electron chi connectivity index (χ4n) is 2.05. The maximum atomic E-state index is 12.2. The number of aromatic nitrogens is 5. The number of thiophene rings is 1. The van der Waals surface area contributed by atoms with Gasteiger partial charge in [0.05, 0.1) is 16.1 Å². The van der Waals surface area contributed by atoms with E-state index in [0.29, 0.717) is 5.69 Å². The molecule has 130 valence electrons. The molecule has 0 fully saturated rings. The summed E-state index contributed by atoms with van der Waals surface area (Å²) >= 11 is 3.31. The number of amides is 1. The normalized spacial score (nSPS) is 11.3. The fraction of sp³-hybridized carbons (Fsp3) is 0.231. The van der Waals surface area contributed by atoms with E-state index in [-0.39, 0.29) is 17.3 Å². The lowest BCUT2D eigenvalue weighted by atomic mass is 10.3. The van der Waals surface area contributed by atoms with Gasteiger partial charge >= 0.3 is 0 Å². The minimum atomic E-state index is -0.493. The van der Waals surface area contributed by atoms with Crippen molar-refractivity contribution in [1.29, 1.82) is 0 Å². The zero-order valence-corrected chi connectivity index (χ0v) is 15.2. The topological polar surface area (TPSA) is 137 Å². The number of hydrazone groups is 1. The maximum absolute atomic E-state index is 12.2. The molecule has 0 aliphatic rings. The van der Waals surface area contributed by atoms with Crippen LogP contribution in [0.3, 0.4) is 0 Å². The number of aryl methyl sites for hydroxylation is 1. The molecule has 0 saturated carbocycles. The standard InChI is InChI=1S/C13H14N8O2S2/c1-6-4-8(13(24-3)25-6)5-15-17-12(22)9-7(2)21(20-16-9)11-10(14)18-23-19-11/h4-5H,1-3H3,(H2,14,18)(H,17,22)/b15-5+. The van der Waals surface area contributed by atoms with Crippen LogP contribution in [0.15, 0.2) is 20.0 Å². The number of nitrogens with one attached hydrogen (secondary N) is 1. The van der Waals surface area contributed by atoms with E-state index in [9.17, 15) is 4.79 Å². The smallest absolute Gasteiger partial charge is 0.293 e. The number of anilines is 1. The lowest BCUT2D eigenvalue weighted by molar-refractivity contribution is 0.0949. The van der Waals surface area contributed by atoms with Gasteiger partial charge in [0.2, 0.25) is 11.6 Å². The molecule has 0 aromatic carbocycles. The van der Waals surface area contributed by atoms with Crippen LogP contribution in [-0.4, -0.2) is 43.7 Å². The number of nitrogen functional groups attached to an aromatic ring is 1. The summed E-state index contributed by atoms with van der Waals surface area (Å²) in [5.74, 6) is -0.269. The van der Waals surface area contributed by atoms with Crippen molar-refractivity contribution in [3.8, 4) is 5.82 Å². The number of nitrogens with zero attached hydrogens (tertiary/aromatic N) is 6. The van der Waals surface area contributed by atoms with E-state index in [1.54, 1.807) is 36.2 Å². The Labute approximate surface area is 150 Å². The Hall–Kier alpha value is -2.73. The highest BCUT2D eigenvalue weighted by atomic mass is 32.2. The van der Waals surface area contributed by atoms with Crippen LogP contribution in [0, 0.1) is 13.8 Å². The average Bonchev–Trinajstić information content (AvgIpc) is 3.26. The van der Waals surface area contributed by atoms with Crippen molar-refractivity contribution in [2.45, 2.75) is 18.1 Å². The van der Waals surface area contributed by atoms with Crippen LogP contribution in [0.4, 0.5) is 5.82 Å². The Morgan fingerprint density at radius 1 is 1.48 bits per heavy atom. The summed E-state index contributed by atoms with van der Waals surface area (Å²) < 4.78 is 6.93. The van der Waals surface area contributed by atoms with Crippen LogP contribution in [0.1, 0.15) is 26.6 Å². The van der Waals surface area contributed by atoms with Crippen LogP contribution in [0.5, 0.6) is 0 Å². The molecular weight excluding hydrogens is 364 g/mol. The summed E-state index contributed by atoms with van der Waals surface area (Å²) in [4.78, 5) is 13.4. The van der Waals surface area contributed by atoms with Crippen molar-refractivity contribution in [3.63, 3.8) is 0 Å². The summed E-state index contributed by atoms with van der Waals surface area (Å²) in [7, 11) is 0. The fourth-order valence-corrected chi connectivity index (χ4v) is 3.84. The third kappa shape index (κ3) is 3.39. The van der Waals surface area contributed by atoms with Crippen molar-refractivity contribution >= 4 is 41.0 Å². The molecule has 0 atom stereocenters. The number of thioether (sulfide) groups is 1. The summed E-state index contributed by atoms with van der Waals surface area (Å²) in [6.07, 6.45) is 3.60. The minimum Gasteiger partial charge on any atom is -0.378 e. The van der Waals surface area contributed by atoms with Crippen LogP contribution in [-0.2, 0) is 0 Å². The number of carbonyl (C=O) groups excluding carboxylic acids is 1. The first-order valence-electron chi connectivity index (χ1n) is 6.99. The third-order valence-corrected chi connectivity index (χ3v) is 5.43. The summed E-state index contributed by atoms with van der Waals surface area (Å²) in [6.45, 7) is 3.67. The van der Waals surface area contributed by atoms with E-state index in [0.717, 1.165) is 9.77 Å². The zero-order chi connectivity index (χ0) is 18.0. The van der Waals surface area contributed by atoms with Gasteiger partial charge in [0.15, 0.2) is 5.69 Å². The highest BCUT2D eigenvalue weighted by molar-refractivity contribution is 8.00. The molecule has 0 aliphatic carbocycles. The highest BCUT2D eigenvalue weighted by Gasteiger charge is 2.20. The first kappa shape index (κ1) is 17.1. The summed E-state index contributed by atoms with van der Waals surface area (Å²) in [5, 5.41) is 18.8. The van der Waals surface area contributed by atoms with Gasteiger partial charge in [0.25, 0.3) is 5.91 Å². The minimum absolute atomic E-state index is 0.0513. The van der Waals surface area contributed by atoms with Gasteiger partial charge in [0.1, 0.15) is 0 Å². The van der Waals surface area contributed by atoms with E-state index < -0.39 is 5.91 Å². The predicted octanol–water partition coefficient (Wildman–Crippen LogP) is 1.40. The van der Waals surface area contributed by atoms with Gasteiger partial charge < -0.3 is 5.73 Å². The lowest BCUT2D eigenvalue weighted by Gasteiger charge is -1.99. The van der Waals surface area contributed by atoms with Crippen LogP contribution >= 0.6 is 23.1 Å². The van der Waals surface area contributed by atoms with E-state index in [4.69, 9.17) is 5.73 Å². The molecule has 0 radical (unpaired) electrons. The first-order valence-corrected chi connectivity index (χ1v) is 9.04. The Balaban J connectivity index is 1.75.